The molecular weight excluding hydrogens is 254 g/mol. The van der Waals surface area contributed by atoms with Crippen LogP contribution < -0.4 is 0 Å². The molecule has 5 nitrogen and oxygen atoms in total. The smallest absolute Gasteiger partial charge is 0.419 e. The van der Waals surface area contributed by atoms with Gasteiger partial charge in [0.05, 0.1) is 5.52 Å². The quantitative estimate of drug-likeness (QED) is 0.835. The van der Waals surface area contributed by atoms with E-state index in [1.54, 1.807) is 4.57 Å². The normalized spacial score (nSPS) is 14.8. The fourth-order valence-corrected chi connectivity index (χ4v) is 2.20. The predicted octanol–water partition coefficient (Wildman–Crippen LogP) is 3.76. The summed E-state index contributed by atoms with van der Waals surface area (Å²) in [6, 6.07) is 7.81. The highest BCUT2D eigenvalue weighted by atomic mass is 16.6. The Morgan fingerprint density at radius 2 is 2.00 bits per heavy atom. The molecule has 2 aromatic rings. The Bertz CT molecular complexity index is 689. The summed E-state index contributed by atoms with van der Waals surface area (Å²) in [6.07, 6.45) is 2.26. The number of carbonyl (C=O) groups excluding carboxylic acids is 1. The van der Waals surface area contributed by atoms with Crippen molar-refractivity contribution in [1.82, 2.24) is 4.57 Å². The largest absolute Gasteiger partial charge is 0.443 e. The number of fused-ring (bicyclic) bond motifs is 1. The molecule has 1 aliphatic rings. The molecule has 1 aromatic heterocycles. The molecule has 0 aliphatic carbocycles. The Hall–Kier alpha value is -2.17. The van der Waals surface area contributed by atoms with Crippen molar-refractivity contribution >= 4 is 17.0 Å². The van der Waals surface area contributed by atoms with Crippen LogP contribution in [0.4, 0.5) is 4.79 Å². The third-order valence-corrected chi connectivity index (χ3v) is 3.07. The van der Waals surface area contributed by atoms with Crippen molar-refractivity contribution in [2.24, 2.45) is 10.2 Å². The van der Waals surface area contributed by atoms with E-state index in [0.717, 1.165) is 22.9 Å². The molecule has 0 saturated carbocycles. The Morgan fingerprint density at radius 1 is 1.30 bits per heavy atom. The molecule has 20 heavy (non-hydrogen) atoms. The van der Waals surface area contributed by atoms with Crippen molar-refractivity contribution in [2.75, 3.05) is 0 Å². The van der Waals surface area contributed by atoms with Gasteiger partial charge in [-0.1, -0.05) is 18.2 Å². The summed E-state index contributed by atoms with van der Waals surface area (Å²) in [5, 5.41) is 8.89. The van der Waals surface area contributed by atoms with Crippen LogP contribution in [0.3, 0.4) is 0 Å². The van der Waals surface area contributed by atoms with Gasteiger partial charge in [0.1, 0.15) is 5.60 Å². The first kappa shape index (κ1) is 12.8. The summed E-state index contributed by atoms with van der Waals surface area (Å²) in [5.41, 5.74) is 1.42. The van der Waals surface area contributed by atoms with E-state index >= 15 is 0 Å². The summed E-state index contributed by atoms with van der Waals surface area (Å²) >= 11 is 0. The minimum Gasteiger partial charge on any atom is -0.443 e. The van der Waals surface area contributed by atoms with Crippen molar-refractivity contribution in [3.63, 3.8) is 0 Å². The van der Waals surface area contributed by atoms with E-state index < -0.39 is 5.60 Å². The summed E-state index contributed by atoms with van der Waals surface area (Å²) in [7, 11) is 0. The second-order valence-corrected chi connectivity index (χ2v) is 5.94. The van der Waals surface area contributed by atoms with E-state index in [4.69, 9.17) is 4.74 Å². The lowest BCUT2D eigenvalue weighted by Gasteiger charge is -2.19. The Morgan fingerprint density at radius 3 is 2.65 bits per heavy atom. The predicted molar refractivity (Wildman–Crippen MR) is 75.9 cm³/mol. The molecular formula is C15H17N3O2. The van der Waals surface area contributed by atoms with Crippen LogP contribution in [0.25, 0.3) is 10.9 Å². The first-order valence-electron chi connectivity index (χ1n) is 6.66. The summed E-state index contributed by atoms with van der Waals surface area (Å²) < 4.78 is 7.01. The van der Waals surface area contributed by atoms with Crippen LogP contribution in [0.5, 0.6) is 0 Å². The van der Waals surface area contributed by atoms with E-state index in [1.807, 2.05) is 51.2 Å². The fraction of sp³-hybridized carbons (Fsp3) is 0.400. The molecule has 0 fully saturated rings. The van der Waals surface area contributed by atoms with E-state index in [2.05, 4.69) is 10.2 Å². The highest BCUT2D eigenvalue weighted by Gasteiger charge is 2.23. The number of para-hydroxylation sites is 1. The zero-order valence-corrected chi connectivity index (χ0v) is 11.8. The molecule has 1 aliphatic heterocycles. The van der Waals surface area contributed by atoms with Crippen LogP contribution in [-0.2, 0) is 11.2 Å². The minimum atomic E-state index is -0.510. The molecule has 0 radical (unpaired) electrons. The zero-order valence-electron chi connectivity index (χ0n) is 11.8. The minimum absolute atomic E-state index is 0.0490. The lowest BCUT2D eigenvalue weighted by atomic mass is 10.1. The van der Waals surface area contributed by atoms with E-state index in [9.17, 15) is 4.79 Å². The van der Waals surface area contributed by atoms with Gasteiger partial charge in [-0.3, -0.25) is 4.57 Å². The Labute approximate surface area is 117 Å². The average molecular weight is 271 g/mol. The molecule has 104 valence electrons. The summed E-state index contributed by atoms with van der Waals surface area (Å²) in [4.78, 5) is 12.3. The van der Waals surface area contributed by atoms with Crippen LogP contribution in [0.15, 0.2) is 40.7 Å². The van der Waals surface area contributed by atoms with E-state index in [-0.39, 0.29) is 12.3 Å². The molecule has 5 heteroatoms. The maximum atomic E-state index is 12.3. The number of carbonyl (C=O) groups is 1. The summed E-state index contributed by atoms with van der Waals surface area (Å²) in [6.45, 7) is 5.58. The molecule has 0 bridgehead atoms. The topological polar surface area (TPSA) is 56.0 Å². The number of hydrogen-bond donors (Lipinski definition) is 0. The lowest BCUT2D eigenvalue weighted by Crippen LogP contribution is -2.26. The van der Waals surface area contributed by atoms with Crippen molar-refractivity contribution < 1.29 is 9.53 Å². The van der Waals surface area contributed by atoms with E-state index in [1.165, 1.54) is 0 Å². The van der Waals surface area contributed by atoms with Gasteiger partial charge in [-0.25, -0.2) is 4.79 Å². The maximum absolute atomic E-state index is 12.3. The van der Waals surface area contributed by atoms with Gasteiger partial charge >= 0.3 is 6.09 Å². The number of aromatic nitrogens is 1. The van der Waals surface area contributed by atoms with E-state index in [0.29, 0.717) is 0 Å². The third-order valence-electron chi connectivity index (χ3n) is 3.07. The molecule has 0 spiro atoms. The Balaban J connectivity index is 1.99. The molecule has 0 atom stereocenters. The number of ether oxygens (including phenoxy) is 1. The van der Waals surface area contributed by atoms with Gasteiger partial charge in [-0.15, -0.1) is 0 Å². The first-order chi connectivity index (χ1) is 9.44. The second kappa shape index (κ2) is 4.44. The van der Waals surface area contributed by atoms with Gasteiger partial charge in [0.15, 0.2) is 6.17 Å². The first-order valence-corrected chi connectivity index (χ1v) is 6.66. The maximum Gasteiger partial charge on any atom is 0.419 e. The van der Waals surface area contributed by atoms with Crippen LogP contribution in [-0.4, -0.2) is 22.4 Å². The summed E-state index contributed by atoms with van der Waals surface area (Å²) in [5.74, 6) is 0. The molecule has 0 saturated heterocycles. The van der Waals surface area contributed by atoms with Crippen LogP contribution >= 0.6 is 0 Å². The average Bonchev–Trinajstić information content (AvgIpc) is 3.09. The number of hydrogen-bond acceptors (Lipinski definition) is 4. The van der Waals surface area contributed by atoms with Gasteiger partial charge < -0.3 is 4.74 Å². The monoisotopic (exact) mass is 271 g/mol. The highest BCUT2D eigenvalue weighted by molar-refractivity contribution is 5.92. The molecule has 2 heterocycles. The molecule has 0 amide bonds. The standard InChI is InChI=1S/C15H17N3O2/c1-15(2,3)20-14(19)18-9-10(8-13-16-17-13)11-6-4-5-7-12(11)18/h4-7,9,13H,8H2,1-3H3. The van der Waals surface area contributed by atoms with Crippen molar-refractivity contribution in [2.45, 2.75) is 39.0 Å². The van der Waals surface area contributed by atoms with Gasteiger partial charge in [0, 0.05) is 18.0 Å². The van der Waals surface area contributed by atoms with Gasteiger partial charge in [0.25, 0.3) is 0 Å². The van der Waals surface area contributed by atoms with Gasteiger partial charge in [0.2, 0.25) is 0 Å². The SMILES string of the molecule is CC(C)(C)OC(=O)n1cc(CC2N=N2)c2ccccc21. The zero-order chi connectivity index (χ0) is 14.3. The third kappa shape index (κ3) is 2.57. The number of nitrogens with zero attached hydrogens (tertiary/aromatic N) is 3. The van der Waals surface area contributed by atoms with Crippen molar-refractivity contribution in [3.8, 4) is 0 Å². The lowest BCUT2D eigenvalue weighted by molar-refractivity contribution is 0.0544. The van der Waals surface area contributed by atoms with Gasteiger partial charge in [-0.05, 0) is 32.4 Å². The highest BCUT2D eigenvalue weighted by Crippen LogP contribution is 2.26. The molecule has 0 unspecified atom stereocenters. The Kier molecular flexibility index (Phi) is 2.85. The second-order valence-electron chi connectivity index (χ2n) is 5.94. The fourth-order valence-electron chi connectivity index (χ4n) is 2.20. The van der Waals surface area contributed by atoms with Crippen LogP contribution in [0.1, 0.15) is 26.3 Å². The number of benzene rings is 1. The molecule has 0 N–H and O–H groups in total. The van der Waals surface area contributed by atoms with Crippen LogP contribution in [0.2, 0.25) is 0 Å². The van der Waals surface area contributed by atoms with Gasteiger partial charge in [-0.2, -0.15) is 10.2 Å². The van der Waals surface area contributed by atoms with Crippen LogP contribution in [0, 0.1) is 0 Å². The molecule has 1 aromatic carbocycles. The number of rotatable bonds is 2. The molecule has 3 rings (SSSR count). The van der Waals surface area contributed by atoms with Crippen molar-refractivity contribution in [1.29, 1.82) is 0 Å². The van der Waals surface area contributed by atoms with Crippen molar-refractivity contribution in [3.05, 3.63) is 36.0 Å².